The summed E-state index contributed by atoms with van der Waals surface area (Å²) in [5.41, 5.74) is 16.3. The SMILES string of the molecule is CSCC[C@H](NC(=O)[C@H](CCCN=C(N)N)NC(=O)[C@@H](N)[C@@H](C)O)C(=O)N[C@H](C(=O)O)C(C)C. The predicted octanol–water partition coefficient (Wildman–Crippen LogP) is -2.30. The van der Waals surface area contributed by atoms with E-state index in [0.29, 0.717) is 12.2 Å². The highest BCUT2D eigenvalue weighted by molar-refractivity contribution is 7.98. The van der Waals surface area contributed by atoms with E-state index in [1.165, 1.54) is 18.7 Å². The van der Waals surface area contributed by atoms with Gasteiger partial charge in [-0.25, -0.2) is 4.79 Å². The lowest BCUT2D eigenvalue weighted by Gasteiger charge is -2.26. The summed E-state index contributed by atoms with van der Waals surface area (Å²) in [4.78, 5) is 53.4. The Morgan fingerprint density at radius 3 is 1.94 bits per heavy atom. The molecule has 13 nitrogen and oxygen atoms in total. The molecular weight excluding hydrogens is 466 g/mol. The molecule has 0 aliphatic rings. The lowest BCUT2D eigenvalue weighted by atomic mass is 10.0. The highest BCUT2D eigenvalue weighted by atomic mass is 32.2. The van der Waals surface area contributed by atoms with Crippen molar-refractivity contribution < 1.29 is 29.4 Å². The number of carbonyl (C=O) groups excluding carboxylic acids is 3. The molecule has 0 aliphatic carbocycles. The molecule has 0 aromatic heterocycles. The van der Waals surface area contributed by atoms with Gasteiger partial charge in [-0.3, -0.25) is 19.4 Å². The Bertz CT molecular complexity index is 716. The van der Waals surface area contributed by atoms with Crippen LogP contribution < -0.4 is 33.2 Å². The van der Waals surface area contributed by atoms with Crippen molar-refractivity contribution in [3.63, 3.8) is 0 Å². The average molecular weight is 506 g/mol. The molecule has 196 valence electrons. The third kappa shape index (κ3) is 12.0. The number of rotatable bonds is 16. The van der Waals surface area contributed by atoms with Crippen molar-refractivity contribution in [2.45, 2.75) is 70.3 Å². The summed E-state index contributed by atoms with van der Waals surface area (Å²) in [6.45, 7) is 4.86. The minimum absolute atomic E-state index is 0.117. The Labute approximate surface area is 204 Å². The second-order valence-electron chi connectivity index (χ2n) is 8.19. The van der Waals surface area contributed by atoms with E-state index in [1.807, 2.05) is 6.26 Å². The Morgan fingerprint density at radius 1 is 0.941 bits per heavy atom. The molecule has 11 N–H and O–H groups in total. The smallest absolute Gasteiger partial charge is 0.326 e. The number of carboxylic acids is 1. The van der Waals surface area contributed by atoms with Crippen LogP contribution in [0.25, 0.3) is 0 Å². The van der Waals surface area contributed by atoms with Crippen LogP contribution in [-0.2, 0) is 19.2 Å². The molecule has 0 aromatic carbocycles. The van der Waals surface area contributed by atoms with E-state index in [4.69, 9.17) is 17.2 Å². The maximum absolute atomic E-state index is 13.0. The van der Waals surface area contributed by atoms with Gasteiger partial charge in [-0.1, -0.05) is 13.8 Å². The summed E-state index contributed by atoms with van der Waals surface area (Å²) in [6, 6.07) is -4.49. The topological polar surface area (TPSA) is 235 Å². The van der Waals surface area contributed by atoms with Crippen LogP contribution in [0.2, 0.25) is 0 Å². The number of amides is 3. The van der Waals surface area contributed by atoms with E-state index in [1.54, 1.807) is 13.8 Å². The van der Waals surface area contributed by atoms with Crippen molar-refractivity contribution in [3.8, 4) is 0 Å². The second kappa shape index (κ2) is 16.1. The number of aliphatic imine (C=N–C) groups is 1. The lowest BCUT2D eigenvalue weighted by molar-refractivity contribution is -0.143. The number of aliphatic carboxylic acids is 1. The first kappa shape index (κ1) is 31.4. The Kier molecular flexibility index (Phi) is 14.9. The molecule has 0 saturated carbocycles. The summed E-state index contributed by atoms with van der Waals surface area (Å²) in [5.74, 6) is -3.20. The van der Waals surface area contributed by atoms with E-state index >= 15 is 0 Å². The van der Waals surface area contributed by atoms with E-state index in [0.717, 1.165) is 0 Å². The lowest BCUT2D eigenvalue weighted by Crippen LogP contribution is -2.58. The monoisotopic (exact) mass is 505 g/mol. The van der Waals surface area contributed by atoms with Crippen LogP contribution >= 0.6 is 11.8 Å². The van der Waals surface area contributed by atoms with Gasteiger partial charge in [0.2, 0.25) is 17.7 Å². The van der Waals surface area contributed by atoms with Crippen molar-refractivity contribution in [3.05, 3.63) is 0 Å². The molecule has 34 heavy (non-hydrogen) atoms. The number of carbonyl (C=O) groups is 4. The normalized spacial score (nSPS) is 15.4. The molecule has 0 spiro atoms. The number of guanidine groups is 1. The third-order valence-electron chi connectivity index (χ3n) is 4.87. The molecule has 3 amide bonds. The quantitative estimate of drug-likeness (QED) is 0.0634. The average Bonchev–Trinajstić information content (AvgIpc) is 2.74. The molecule has 0 rings (SSSR count). The zero-order valence-electron chi connectivity index (χ0n) is 20.1. The molecule has 0 saturated heterocycles. The summed E-state index contributed by atoms with van der Waals surface area (Å²) in [6.07, 6.45) is 1.38. The summed E-state index contributed by atoms with van der Waals surface area (Å²) < 4.78 is 0. The standard InChI is InChI=1S/C20H39N7O6S/c1-10(2)15(19(32)33)27-17(30)13(7-9-34-4)25-16(29)12(6-5-8-24-20(22)23)26-18(31)14(21)11(3)28/h10-15,28H,5-9,21H2,1-4H3,(H,25,29)(H,26,31)(H,27,30)(H,32,33)(H4,22,23,24)/t11-,12+,13+,14+,15+/m1/s1. The van der Waals surface area contributed by atoms with Gasteiger partial charge in [-0.2, -0.15) is 11.8 Å². The number of aliphatic hydroxyl groups is 1. The predicted molar refractivity (Wildman–Crippen MR) is 131 cm³/mol. The third-order valence-corrected chi connectivity index (χ3v) is 5.52. The molecule has 5 atom stereocenters. The van der Waals surface area contributed by atoms with Gasteiger partial charge >= 0.3 is 5.97 Å². The second-order valence-corrected chi connectivity index (χ2v) is 9.17. The Balaban J connectivity index is 5.55. The minimum atomic E-state index is -1.26. The molecule has 0 bridgehead atoms. The first-order chi connectivity index (χ1) is 15.8. The van der Waals surface area contributed by atoms with Crippen LogP contribution in [0.15, 0.2) is 4.99 Å². The molecule has 0 fully saturated rings. The van der Waals surface area contributed by atoms with Crippen LogP contribution in [0.4, 0.5) is 0 Å². The van der Waals surface area contributed by atoms with Crippen molar-refractivity contribution in [1.29, 1.82) is 0 Å². The summed E-state index contributed by atoms with van der Waals surface area (Å²) in [5, 5.41) is 26.5. The summed E-state index contributed by atoms with van der Waals surface area (Å²) in [7, 11) is 0. The van der Waals surface area contributed by atoms with E-state index in [9.17, 15) is 29.4 Å². The fraction of sp³-hybridized carbons (Fsp3) is 0.750. The van der Waals surface area contributed by atoms with Crippen LogP contribution in [0.3, 0.4) is 0 Å². The van der Waals surface area contributed by atoms with E-state index in [-0.39, 0.29) is 31.3 Å². The number of nitrogens with zero attached hydrogens (tertiary/aromatic N) is 1. The van der Waals surface area contributed by atoms with Gasteiger partial charge < -0.3 is 43.4 Å². The largest absolute Gasteiger partial charge is 0.480 e. The Hall–Kier alpha value is -2.58. The Morgan fingerprint density at radius 2 is 1.47 bits per heavy atom. The first-order valence-corrected chi connectivity index (χ1v) is 12.3. The maximum atomic E-state index is 13.0. The number of hydrogen-bond acceptors (Lipinski definition) is 8. The number of hydrogen-bond donors (Lipinski definition) is 8. The van der Waals surface area contributed by atoms with Gasteiger partial charge in [0.25, 0.3) is 0 Å². The van der Waals surface area contributed by atoms with Gasteiger partial charge in [0.05, 0.1) is 6.10 Å². The van der Waals surface area contributed by atoms with Crippen molar-refractivity contribution in [2.75, 3.05) is 18.6 Å². The number of thioether (sulfide) groups is 1. The van der Waals surface area contributed by atoms with E-state index < -0.39 is 54.0 Å². The molecular formula is C20H39N7O6S. The van der Waals surface area contributed by atoms with Gasteiger partial charge in [-0.15, -0.1) is 0 Å². The van der Waals surface area contributed by atoms with Crippen molar-refractivity contribution in [1.82, 2.24) is 16.0 Å². The van der Waals surface area contributed by atoms with Crippen LogP contribution in [0, 0.1) is 5.92 Å². The highest BCUT2D eigenvalue weighted by Gasteiger charge is 2.31. The molecule has 0 heterocycles. The van der Waals surface area contributed by atoms with Gasteiger partial charge in [0.1, 0.15) is 24.2 Å². The zero-order chi connectivity index (χ0) is 26.4. The number of carboxylic acid groups (broad SMARTS) is 1. The molecule has 0 aromatic rings. The molecule has 14 heteroatoms. The molecule has 0 radical (unpaired) electrons. The molecule has 0 aliphatic heterocycles. The summed E-state index contributed by atoms with van der Waals surface area (Å²) >= 11 is 1.45. The van der Waals surface area contributed by atoms with Crippen LogP contribution in [0.5, 0.6) is 0 Å². The number of nitrogens with two attached hydrogens (primary N) is 3. The fourth-order valence-electron chi connectivity index (χ4n) is 2.80. The van der Waals surface area contributed by atoms with Crippen LogP contribution in [-0.4, -0.2) is 88.7 Å². The van der Waals surface area contributed by atoms with Gasteiger partial charge in [-0.05, 0) is 44.1 Å². The van der Waals surface area contributed by atoms with Gasteiger partial charge in [0.15, 0.2) is 5.96 Å². The van der Waals surface area contributed by atoms with Gasteiger partial charge in [0, 0.05) is 6.54 Å². The number of nitrogens with one attached hydrogen (secondary N) is 3. The van der Waals surface area contributed by atoms with Crippen LogP contribution in [0.1, 0.15) is 40.0 Å². The first-order valence-electron chi connectivity index (χ1n) is 10.9. The van der Waals surface area contributed by atoms with E-state index in [2.05, 4.69) is 20.9 Å². The highest BCUT2D eigenvalue weighted by Crippen LogP contribution is 2.07. The maximum Gasteiger partial charge on any atom is 0.326 e. The van der Waals surface area contributed by atoms with Crippen molar-refractivity contribution in [2.24, 2.45) is 28.1 Å². The zero-order valence-corrected chi connectivity index (χ0v) is 20.9. The molecule has 0 unspecified atom stereocenters. The minimum Gasteiger partial charge on any atom is -0.480 e. The fourth-order valence-corrected chi connectivity index (χ4v) is 3.28. The number of aliphatic hydroxyl groups excluding tert-OH is 1. The van der Waals surface area contributed by atoms with Crippen molar-refractivity contribution >= 4 is 41.4 Å².